The number of amides is 1. The van der Waals surface area contributed by atoms with Crippen LogP contribution in [0.3, 0.4) is 0 Å². The number of rotatable bonds is 3. The van der Waals surface area contributed by atoms with E-state index in [1.54, 1.807) is 43.4 Å². The van der Waals surface area contributed by atoms with Crippen LogP contribution < -0.4 is 4.90 Å². The SMILES string of the molecule is Cc1ccc(CC2(C3(O)C(=O)c4ccccc4C3=O)C(=O)N(C)c3ccccc32)c(C)c1. The number of aryl methyl sites for hydroxylation is 2. The third-order valence-electron chi connectivity index (χ3n) is 7.04. The Kier molecular flexibility index (Phi) is 4.27. The van der Waals surface area contributed by atoms with Gasteiger partial charge in [0.25, 0.3) is 0 Å². The van der Waals surface area contributed by atoms with Gasteiger partial charge in [-0.2, -0.15) is 0 Å². The Labute approximate surface area is 186 Å². The Bertz CT molecular complexity index is 1290. The predicted molar refractivity (Wildman–Crippen MR) is 121 cm³/mol. The molecule has 5 rings (SSSR count). The van der Waals surface area contributed by atoms with Crippen LogP contribution >= 0.6 is 0 Å². The van der Waals surface area contributed by atoms with E-state index in [9.17, 15) is 19.5 Å². The van der Waals surface area contributed by atoms with E-state index in [1.165, 1.54) is 17.0 Å². The minimum absolute atomic E-state index is 0.0290. The van der Waals surface area contributed by atoms with Crippen molar-refractivity contribution in [2.45, 2.75) is 31.3 Å². The van der Waals surface area contributed by atoms with Gasteiger partial charge in [0, 0.05) is 23.9 Å². The van der Waals surface area contributed by atoms with Gasteiger partial charge in [-0.25, -0.2) is 0 Å². The molecule has 1 aliphatic carbocycles. The van der Waals surface area contributed by atoms with E-state index in [0.29, 0.717) is 11.3 Å². The van der Waals surface area contributed by atoms with E-state index in [4.69, 9.17) is 0 Å². The fourth-order valence-corrected chi connectivity index (χ4v) is 5.38. The summed E-state index contributed by atoms with van der Waals surface area (Å²) in [7, 11) is 1.62. The molecule has 3 aromatic carbocycles. The lowest BCUT2D eigenvalue weighted by Gasteiger charge is -2.39. The highest BCUT2D eigenvalue weighted by Gasteiger charge is 2.71. The molecule has 1 heterocycles. The number of Topliss-reactive ketones (excluding diaryl/α,β-unsaturated/α-hetero) is 2. The topological polar surface area (TPSA) is 74.7 Å². The maximum atomic E-state index is 14.0. The van der Waals surface area contributed by atoms with Crippen molar-refractivity contribution >= 4 is 23.2 Å². The average molecular weight is 425 g/mol. The summed E-state index contributed by atoms with van der Waals surface area (Å²) in [5, 5.41) is 12.1. The molecule has 1 aliphatic heterocycles. The zero-order valence-electron chi connectivity index (χ0n) is 18.2. The summed E-state index contributed by atoms with van der Waals surface area (Å²) in [5.41, 5.74) is -0.120. The molecule has 0 saturated heterocycles. The molecule has 1 unspecified atom stereocenters. The van der Waals surface area contributed by atoms with E-state index in [-0.39, 0.29) is 17.5 Å². The molecule has 0 aromatic heterocycles. The maximum absolute atomic E-state index is 14.0. The van der Waals surface area contributed by atoms with Crippen molar-refractivity contribution in [1.82, 2.24) is 0 Å². The number of hydrogen-bond acceptors (Lipinski definition) is 4. The Morgan fingerprint density at radius 2 is 1.44 bits per heavy atom. The van der Waals surface area contributed by atoms with Crippen LogP contribution in [-0.4, -0.2) is 35.2 Å². The zero-order chi connectivity index (χ0) is 22.8. The molecule has 0 bridgehead atoms. The number of aliphatic hydroxyl groups is 1. The number of ketones is 2. The van der Waals surface area contributed by atoms with Gasteiger partial charge in [0.15, 0.2) is 0 Å². The van der Waals surface area contributed by atoms with Gasteiger partial charge in [0.2, 0.25) is 23.1 Å². The fraction of sp³-hybridized carbons (Fsp3) is 0.222. The standard InChI is InChI=1S/C27H23NO4/c1-16-12-13-18(17(2)14-16)15-26(21-10-6-7-11-22(21)28(3)25(26)31)27(32)23(29)19-8-4-5-9-20(19)24(27)30/h4-14,32H,15H2,1-3H3. The molecular weight excluding hydrogens is 402 g/mol. The van der Waals surface area contributed by atoms with Crippen molar-refractivity contribution < 1.29 is 19.5 Å². The van der Waals surface area contributed by atoms with Crippen molar-refractivity contribution in [2.24, 2.45) is 0 Å². The number of likely N-dealkylation sites (N-methyl/N-ethyl adjacent to an activating group) is 1. The smallest absolute Gasteiger partial charge is 0.241 e. The minimum atomic E-state index is -2.54. The molecule has 160 valence electrons. The molecule has 1 atom stereocenters. The highest BCUT2D eigenvalue weighted by atomic mass is 16.3. The molecule has 5 nitrogen and oxygen atoms in total. The lowest BCUT2D eigenvalue weighted by Crippen LogP contribution is -2.64. The first kappa shape index (κ1) is 20.3. The number of nitrogens with zero attached hydrogens (tertiary/aromatic N) is 1. The first-order valence-corrected chi connectivity index (χ1v) is 10.6. The highest BCUT2D eigenvalue weighted by Crippen LogP contribution is 2.53. The summed E-state index contributed by atoms with van der Waals surface area (Å²) in [6.45, 7) is 3.91. The molecule has 0 radical (unpaired) electrons. The van der Waals surface area contributed by atoms with Gasteiger partial charge < -0.3 is 10.0 Å². The summed E-state index contributed by atoms with van der Waals surface area (Å²) in [6.07, 6.45) is 0.0290. The summed E-state index contributed by atoms with van der Waals surface area (Å²) < 4.78 is 0. The Balaban J connectivity index is 1.83. The summed E-state index contributed by atoms with van der Waals surface area (Å²) >= 11 is 0. The molecule has 1 N–H and O–H groups in total. The minimum Gasteiger partial charge on any atom is -0.373 e. The van der Waals surface area contributed by atoms with Crippen LogP contribution in [0.25, 0.3) is 0 Å². The second-order valence-electron chi connectivity index (χ2n) is 8.81. The molecule has 0 saturated carbocycles. The van der Waals surface area contributed by atoms with Crippen LogP contribution in [0.4, 0.5) is 5.69 Å². The van der Waals surface area contributed by atoms with Crippen LogP contribution in [0.15, 0.2) is 66.7 Å². The Hall–Kier alpha value is -3.57. The number of para-hydroxylation sites is 1. The van der Waals surface area contributed by atoms with Crippen molar-refractivity contribution in [3.63, 3.8) is 0 Å². The van der Waals surface area contributed by atoms with Crippen molar-refractivity contribution in [3.8, 4) is 0 Å². The van der Waals surface area contributed by atoms with Gasteiger partial charge in [-0.3, -0.25) is 14.4 Å². The van der Waals surface area contributed by atoms with Gasteiger partial charge in [0.05, 0.1) is 0 Å². The molecule has 3 aromatic rings. The normalized spacial score (nSPS) is 21.1. The molecule has 32 heavy (non-hydrogen) atoms. The molecule has 5 heteroatoms. The van der Waals surface area contributed by atoms with Crippen LogP contribution in [0.1, 0.15) is 43.0 Å². The van der Waals surface area contributed by atoms with Crippen LogP contribution in [0.5, 0.6) is 0 Å². The number of benzene rings is 3. The fourth-order valence-electron chi connectivity index (χ4n) is 5.38. The van der Waals surface area contributed by atoms with E-state index < -0.39 is 28.5 Å². The Morgan fingerprint density at radius 3 is 2.06 bits per heavy atom. The van der Waals surface area contributed by atoms with Gasteiger partial charge in [0.1, 0.15) is 5.41 Å². The maximum Gasteiger partial charge on any atom is 0.241 e. The number of anilines is 1. The zero-order valence-corrected chi connectivity index (χ0v) is 18.2. The molecule has 0 spiro atoms. The third kappa shape index (κ3) is 2.34. The van der Waals surface area contributed by atoms with Gasteiger partial charge >= 0.3 is 0 Å². The van der Waals surface area contributed by atoms with Gasteiger partial charge in [-0.15, -0.1) is 0 Å². The van der Waals surface area contributed by atoms with Crippen molar-refractivity contribution in [2.75, 3.05) is 11.9 Å². The first-order chi connectivity index (χ1) is 15.2. The van der Waals surface area contributed by atoms with Crippen LogP contribution in [0, 0.1) is 13.8 Å². The average Bonchev–Trinajstić information content (AvgIpc) is 3.13. The summed E-state index contributed by atoms with van der Waals surface area (Å²) in [4.78, 5) is 42.7. The highest BCUT2D eigenvalue weighted by molar-refractivity contribution is 6.36. The monoisotopic (exact) mass is 425 g/mol. The number of fused-ring (bicyclic) bond motifs is 2. The van der Waals surface area contributed by atoms with Crippen LogP contribution in [0.2, 0.25) is 0 Å². The quantitative estimate of drug-likeness (QED) is 0.651. The molecule has 1 amide bonds. The molecule has 2 aliphatic rings. The van der Waals surface area contributed by atoms with Gasteiger partial charge in [-0.05, 0) is 43.0 Å². The van der Waals surface area contributed by atoms with Crippen molar-refractivity contribution in [1.29, 1.82) is 0 Å². The third-order valence-corrected chi connectivity index (χ3v) is 7.04. The summed E-state index contributed by atoms with van der Waals surface area (Å²) in [5.74, 6) is -1.90. The number of carbonyl (C=O) groups is 3. The van der Waals surface area contributed by atoms with E-state index >= 15 is 0 Å². The van der Waals surface area contributed by atoms with E-state index in [0.717, 1.165) is 16.7 Å². The largest absolute Gasteiger partial charge is 0.373 e. The molecule has 0 fully saturated rings. The van der Waals surface area contributed by atoms with Crippen molar-refractivity contribution in [3.05, 3.63) is 100 Å². The predicted octanol–water partition coefficient (Wildman–Crippen LogP) is 3.57. The molecular formula is C27H23NO4. The van der Waals surface area contributed by atoms with E-state index in [1.807, 2.05) is 32.0 Å². The Morgan fingerprint density at radius 1 is 0.844 bits per heavy atom. The number of hydrogen-bond donors (Lipinski definition) is 1. The second-order valence-corrected chi connectivity index (χ2v) is 8.81. The van der Waals surface area contributed by atoms with Crippen LogP contribution in [-0.2, 0) is 16.6 Å². The lowest BCUT2D eigenvalue weighted by molar-refractivity contribution is -0.129. The lowest BCUT2D eigenvalue weighted by atomic mass is 9.62. The first-order valence-electron chi connectivity index (χ1n) is 10.6. The summed E-state index contributed by atoms with van der Waals surface area (Å²) in [6, 6.07) is 19.3. The number of carbonyl (C=O) groups excluding carboxylic acids is 3. The second kappa shape index (κ2) is 6.71. The van der Waals surface area contributed by atoms with Gasteiger partial charge in [-0.1, -0.05) is 66.2 Å². The van der Waals surface area contributed by atoms with E-state index in [2.05, 4.69) is 0 Å².